The SMILES string of the molecule is CC(C)CCCN1Cc2cccc(N)c2C1. The Hall–Kier alpha value is -1.02. The highest BCUT2D eigenvalue weighted by molar-refractivity contribution is 5.52. The Bertz CT molecular complexity index is 358. The summed E-state index contributed by atoms with van der Waals surface area (Å²) in [6.07, 6.45) is 2.62. The van der Waals surface area contributed by atoms with E-state index in [1.165, 1.54) is 30.5 Å². The van der Waals surface area contributed by atoms with Crippen molar-refractivity contribution in [3.05, 3.63) is 29.3 Å². The molecule has 2 heteroatoms. The van der Waals surface area contributed by atoms with Crippen LogP contribution in [0, 0.1) is 5.92 Å². The van der Waals surface area contributed by atoms with E-state index in [4.69, 9.17) is 5.73 Å². The molecule has 0 aromatic heterocycles. The van der Waals surface area contributed by atoms with Crippen LogP contribution in [-0.4, -0.2) is 11.4 Å². The lowest BCUT2D eigenvalue weighted by molar-refractivity contribution is 0.272. The second-order valence-corrected chi connectivity index (χ2v) is 5.23. The van der Waals surface area contributed by atoms with Crippen LogP contribution >= 0.6 is 0 Å². The van der Waals surface area contributed by atoms with Crippen LogP contribution in [0.3, 0.4) is 0 Å². The van der Waals surface area contributed by atoms with Gasteiger partial charge in [-0.25, -0.2) is 0 Å². The predicted octanol–water partition coefficient (Wildman–Crippen LogP) is 3.02. The first-order chi connectivity index (χ1) is 7.66. The first kappa shape index (κ1) is 11.5. The first-order valence-electron chi connectivity index (χ1n) is 6.25. The molecule has 0 atom stereocenters. The van der Waals surface area contributed by atoms with Crippen molar-refractivity contribution in [2.45, 2.75) is 39.8 Å². The summed E-state index contributed by atoms with van der Waals surface area (Å²) in [5.41, 5.74) is 9.72. The summed E-state index contributed by atoms with van der Waals surface area (Å²) in [4.78, 5) is 2.50. The molecule has 1 heterocycles. The molecule has 1 aliphatic heterocycles. The van der Waals surface area contributed by atoms with Crippen LogP contribution < -0.4 is 5.73 Å². The Labute approximate surface area is 98.4 Å². The van der Waals surface area contributed by atoms with E-state index in [2.05, 4.69) is 30.9 Å². The maximum Gasteiger partial charge on any atom is 0.0363 e. The van der Waals surface area contributed by atoms with Gasteiger partial charge in [0, 0.05) is 18.8 Å². The Morgan fingerprint density at radius 2 is 2.12 bits per heavy atom. The molecule has 0 aliphatic carbocycles. The molecule has 0 saturated heterocycles. The number of nitrogens with zero attached hydrogens (tertiary/aromatic N) is 1. The molecule has 2 rings (SSSR count). The van der Waals surface area contributed by atoms with E-state index in [1.807, 2.05) is 6.07 Å². The Morgan fingerprint density at radius 3 is 2.81 bits per heavy atom. The van der Waals surface area contributed by atoms with E-state index >= 15 is 0 Å². The third-order valence-electron chi connectivity index (χ3n) is 3.34. The Morgan fingerprint density at radius 1 is 1.31 bits per heavy atom. The second kappa shape index (κ2) is 4.88. The van der Waals surface area contributed by atoms with Crippen molar-refractivity contribution in [3.8, 4) is 0 Å². The van der Waals surface area contributed by atoms with Crippen LogP contribution in [-0.2, 0) is 13.1 Å². The lowest BCUT2D eigenvalue weighted by atomic mass is 10.1. The molecule has 2 nitrogen and oxygen atoms in total. The number of fused-ring (bicyclic) bond motifs is 1. The Balaban J connectivity index is 1.88. The highest BCUT2D eigenvalue weighted by atomic mass is 15.1. The van der Waals surface area contributed by atoms with Crippen LogP contribution in [0.25, 0.3) is 0 Å². The summed E-state index contributed by atoms with van der Waals surface area (Å²) in [6, 6.07) is 6.27. The van der Waals surface area contributed by atoms with Gasteiger partial charge in [0.1, 0.15) is 0 Å². The van der Waals surface area contributed by atoms with Gasteiger partial charge >= 0.3 is 0 Å². The highest BCUT2D eigenvalue weighted by Gasteiger charge is 2.19. The summed E-state index contributed by atoms with van der Waals surface area (Å²) in [5, 5.41) is 0. The number of anilines is 1. The molecule has 0 saturated carbocycles. The predicted molar refractivity (Wildman–Crippen MR) is 69.0 cm³/mol. The van der Waals surface area contributed by atoms with Crippen molar-refractivity contribution in [1.82, 2.24) is 4.90 Å². The largest absolute Gasteiger partial charge is 0.398 e. The standard InChI is InChI=1S/C14H22N2/c1-11(2)5-4-8-16-9-12-6-3-7-14(15)13(12)10-16/h3,6-7,11H,4-5,8-10,15H2,1-2H3. The van der Waals surface area contributed by atoms with Crippen LogP contribution in [0.5, 0.6) is 0 Å². The third kappa shape index (κ3) is 2.56. The lowest BCUT2D eigenvalue weighted by Crippen LogP contribution is -2.18. The lowest BCUT2D eigenvalue weighted by Gasteiger charge is -2.15. The van der Waals surface area contributed by atoms with Gasteiger partial charge in [-0.3, -0.25) is 4.90 Å². The van der Waals surface area contributed by atoms with Crippen molar-refractivity contribution >= 4 is 5.69 Å². The molecule has 0 spiro atoms. The van der Waals surface area contributed by atoms with Gasteiger partial charge in [-0.15, -0.1) is 0 Å². The van der Waals surface area contributed by atoms with Gasteiger partial charge in [-0.1, -0.05) is 26.0 Å². The van der Waals surface area contributed by atoms with Gasteiger partial charge in [-0.05, 0) is 42.5 Å². The van der Waals surface area contributed by atoms with Crippen molar-refractivity contribution in [3.63, 3.8) is 0 Å². The first-order valence-corrected chi connectivity index (χ1v) is 6.25. The van der Waals surface area contributed by atoms with Gasteiger partial charge < -0.3 is 5.73 Å². The molecule has 16 heavy (non-hydrogen) atoms. The van der Waals surface area contributed by atoms with Gasteiger partial charge in [-0.2, -0.15) is 0 Å². The number of benzene rings is 1. The fraction of sp³-hybridized carbons (Fsp3) is 0.571. The molecule has 0 radical (unpaired) electrons. The van der Waals surface area contributed by atoms with Gasteiger partial charge in [0.2, 0.25) is 0 Å². The third-order valence-corrected chi connectivity index (χ3v) is 3.34. The smallest absolute Gasteiger partial charge is 0.0363 e. The van der Waals surface area contributed by atoms with Crippen LogP contribution in [0.15, 0.2) is 18.2 Å². The van der Waals surface area contributed by atoms with Crippen LogP contribution in [0.2, 0.25) is 0 Å². The average molecular weight is 218 g/mol. The molecular weight excluding hydrogens is 196 g/mol. The van der Waals surface area contributed by atoms with E-state index in [0.717, 1.165) is 24.7 Å². The van der Waals surface area contributed by atoms with E-state index in [9.17, 15) is 0 Å². The van der Waals surface area contributed by atoms with Gasteiger partial charge in [0.05, 0.1) is 0 Å². The zero-order chi connectivity index (χ0) is 11.5. The number of rotatable bonds is 4. The molecule has 2 N–H and O–H groups in total. The van der Waals surface area contributed by atoms with Crippen molar-refractivity contribution < 1.29 is 0 Å². The normalized spacial score (nSPS) is 15.7. The second-order valence-electron chi connectivity index (χ2n) is 5.23. The molecule has 1 aliphatic rings. The highest BCUT2D eigenvalue weighted by Crippen LogP contribution is 2.27. The fourth-order valence-corrected chi connectivity index (χ4v) is 2.40. The number of nitrogen functional groups attached to an aromatic ring is 1. The summed E-state index contributed by atoms with van der Waals surface area (Å²) in [7, 11) is 0. The van der Waals surface area contributed by atoms with E-state index in [-0.39, 0.29) is 0 Å². The Kier molecular flexibility index (Phi) is 3.49. The van der Waals surface area contributed by atoms with Crippen molar-refractivity contribution in [2.75, 3.05) is 12.3 Å². The average Bonchev–Trinajstić information content (AvgIpc) is 2.61. The molecule has 0 amide bonds. The molecule has 0 bridgehead atoms. The van der Waals surface area contributed by atoms with Gasteiger partial charge in [0.15, 0.2) is 0 Å². The maximum atomic E-state index is 5.98. The molecule has 1 aromatic rings. The molecular formula is C14H22N2. The van der Waals surface area contributed by atoms with Crippen molar-refractivity contribution in [1.29, 1.82) is 0 Å². The number of nitrogens with two attached hydrogens (primary N) is 1. The molecule has 1 aromatic carbocycles. The fourth-order valence-electron chi connectivity index (χ4n) is 2.40. The monoisotopic (exact) mass is 218 g/mol. The van der Waals surface area contributed by atoms with E-state index in [0.29, 0.717) is 0 Å². The summed E-state index contributed by atoms with van der Waals surface area (Å²) >= 11 is 0. The minimum Gasteiger partial charge on any atom is -0.398 e. The van der Waals surface area contributed by atoms with Gasteiger partial charge in [0.25, 0.3) is 0 Å². The summed E-state index contributed by atoms with van der Waals surface area (Å²) in [6.45, 7) is 7.90. The number of hydrogen-bond acceptors (Lipinski definition) is 2. The minimum atomic E-state index is 0.815. The molecule has 0 fully saturated rings. The van der Waals surface area contributed by atoms with Crippen LogP contribution in [0.1, 0.15) is 37.8 Å². The number of hydrogen-bond donors (Lipinski definition) is 1. The van der Waals surface area contributed by atoms with Crippen LogP contribution in [0.4, 0.5) is 5.69 Å². The molecule has 88 valence electrons. The minimum absolute atomic E-state index is 0.815. The summed E-state index contributed by atoms with van der Waals surface area (Å²) in [5.74, 6) is 0.815. The zero-order valence-corrected chi connectivity index (χ0v) is 10.4. The maximum absolute atomic E-state index is 5.98. The molecule has 0 unspecified atom stereocenters. The van der Waals surface area contributed by atoms with Crippen molar-refractivity contribution in [2.24, 2.45) is 5.92 Å². The van der Waals surface area contributed by atoms with E-state index < -0.39 is 0 Å². The van der Waals surface area contributed by atoms with E-state index in [1.54, 1.807) is 0 Å². The summed E-state index contributed by atoms with van der Waals surface area (Å²) < 4.78 is 0. The zero-order valence-electron chi connectivity index (χ0n) is 10.4. The topological polar surface area (TPSA) is 29.3 Å². The quantitative estimate of drug-likeness (QED) is 0.787.